The summed E-state index contributed by atoms with van der Waals surface area (Å²) in [5, 5.41) is 22.9. The van der Waals surface area contributed by atoms with Crippen molar-refractivity contribution in [2.24, 2.45) is 0 Å². The first-order valence-electron chi connectivity index (χ1n) is 7.84. The molecule has 0 radical (unpaired) electrons. The number of imide groups is 1. The molecule has 0 N–H and O–H groups in total. The summed E-state index contributed by atoms with van der Waals surface area (Å²) in [5.41, 5.74) is 0.132. The summed E-state index contributed by atoms with van der Waals surface area (Å²) >= 11 is 6.78. The van der Waals surface area contributed by atoms with Crippen LogP contribution in [-0.4, -0.2) is 28.1 Å². The van der Waals surface area contributed by atoms with E-state index in [2.05, 4.69) is 0 Å². The molecule has 0 aromatic heterocycles. The van der Waals surface area contributed by atoms with Crippen molar-refractivity contribution in [2.45, 2.75) is 6.54 Å². The predicted octanol–water partition coefficient (Wildman–Crippen LogP) is 3.57. The molecule has 10 heteroatoms. The van der Waals surface area contributed by atoms with Gasteiger partial charge < -0.3 is 9.84 Å². The number of amides is 2. The number of carbonyl (C=O) groups excluding carboxylic acids is 2. The largest absolute Gasteiger partial charge is 0.865 e. The Bertz CT molecular complexity index is 1020. The standard InChI is InChI=1S/C18H13ClN2O6S/c1-27-14-7-10(6-13(16(14)22)21(25)26)8-15-17(23)20(18(24)28-15)9-11-4-2-3-5-12(11)19/h2-8,22H,9H2,1H3/p-1/b15-8-. The molecule has 28 heavy (non-hydrogen) atoms. The maximum Gasteiger partial charge on any atom is 0.293 e. The molecule has 0 spiro atoms. The second kappa shape index (κ2) is 7.91. The first-order valence-corrected chi connectivity index (χ1v) is 9.03. The first-order chi connectivity index (χ1) is 13.3. The predicted molar refractivity (Wildman–Crippen MR) is 102 cm³/mol. The van der Waals surface area contributed by atoms with E-state index in [9.17, 15) is 24.8 Å². The van der Waals surface area contributed by atoms with Crippen molar-refractivity contribution < 1.29 is 24.4 Å². The molecule has 2 amide bonds. The number of hydrogen-bond acceptors (Lipinski definition) is 7. The van der Waals surface area contributed by atoms with Gasteiger partial charge in [-0.3, -0.25) is 24.6 Å². The fourth-order valence-corrected chi connectivity index (χ4v) is 3.60. The lowest BCUT2D eigenvalue weighted by Gasteiger charge is -2.14. The van der Waals surface area contributed by atoms with Crippen LogP contribution in [0.4, 0.5) is 10.5 Å². The zero-order valence-corrected chi connectivity index (χ0v) is 16.0. The van der Waals surface area contributed by atoms with Crippen molar-refractivity contribution in [3.05, 3.63) is 67.6 Å². The summed E-state index contributed by atoms with van der Waals surface area (Å²) in [6.07, 6.45) is 1.31. The fourth-order valence-electron chi connectivity index (χ4n) is 2.56. The van der Waals surface area contributed by atoms with Gasteiger partial charge in [0.25, 0.3) is 16.8 Å². The van der Waals surface area contributed by atoms with Crippen LogP contribution in [0.2, 0.25) is 5.02 Å². The fraction of sp³-hybridized carbons (Fsp3) is 0.111. The molecule has 0 unspecified atom stereocenters. The highest BCUT2D eigenvalue weighted by molar-refractivity contribution is 8.18. The highest BCUT2D eigenvalue weighted by atomic mass is 35.5. The van der Waals surface area contributed by atoms with Crippen LogP contribution in [-0.2, 0) is 11.3 Å². The molecule has 144 valence electrons. The second-order valence-electron chi connectivity index (χ2n) is 5.69. The second-order valence-corrected chi connectivity index (χ2v) is 7.09. The summed E-state index contributed by atoms with van der Waals surface area (Å²) < 4.78 is 4.87. The molecule has 1 aliphatic heterocycles. The van der Waals surface area contributed by atoms with Crippen molar-refractivity contribution in [1.29, 1.82) is 0 Å². The van der Waals surface area contributed by atoms with E-state index in [-0.39, 0.29) is 22.8 Å². The number of hydrogen-bond donors (Lipinski definition) is 0. The number of ether oxygens (including phenoxy) is 1. The van der Waals surface area contributed by atoms with E-state index in [0.29, 0.717) is 22.3 Å². The lowest BCUT2D eigenvalue weighted by atomic mass is 10.1. The van der Waals surface area contributed by atoms with Crippen LogP contribution in [0.1, 0.15) is 11.1 Å². The third kappa shape index (κ3) is 3.80. The normalized spacial score (nSPS) is 15.4. The number of carbonyl (C=O) groups is 2. The number of nitro groups is 1. The van der Waals surface area contributed by atoms with Crippen LogP contribution >= 0.6 is 23.4 Å². The number of halogens is 1. The Labute approximate surface area is 168 Å². The maximum atomic E-state index is 12.6. The molecule has 1 heterocycles. The SMILES string of the molecule is COc1cc(/C=C2\SC(=O)N(Cc3ccccc3Cl)C2=O)cc([N+](=O)[O-])c1[O-]. The average molecular weight is 420 g/mol. The van der Waals surface area contributed by atoms with Crippen LogP contribution in [0.3, 0.4) is 0 Å². The highest BCUT2D eigenvalue weighted by Gasteiger charge is 2.35. The summed E-state index contributed by atoms with van der Waals surface area (Å²) in [6.45, 7) is 0.00461. The Kier molecular flexibility index (Phi) is 5.57. The molecule has 8 nitrogen and oxygen atoms in total. The molecule has 3 rings (SSSR count). The number of rotatable bonds is 5. The molecule has 1 aliphatic rings. The molecule has 1 saturated heterocycles. The van der Waals surface area contributed by atoms with Crippen molar-refractivity contribution in [3.63, 3.8) is 0 Å². The van der Waals surface area contributed by atoms with Crippen LogP contribution in [0.5, 0.6) is 11.5 Å². The third-order valence-electron chi connectivity index (χ3n) is 3.93. The van der Waals surface area contributed by atoms with E-state index in [1.807, 2.05) is 0 Å². The molecule has 1 fully saturated rings. The minimum absolute atomic E-state index is 0.00461. The summed E-state index contributed by atoms with van der Waals surface area (Å²) in [4.78, 5) is 36.2. The first kappa shape index (κ1) is 19.7. The van der Waals surface area contributed by atoms with E-state index in [0.717, 1.165) is 11.0 Å². The van der Waals surface area contributed by atoms with Gasteiger partial charge in [-0.25, -0.2) is 0 Å². The van der Waals surface area contributed by atoms with Gasteiger partial charge >= 0.3 is 0 Å². The zero-order valence-electron chi connectivity index (χ0n) is 14.4. The minimum Gasteiger partial charge on any atom is -0.865 e. The van der Waals surface area contributed by atoms with Gasteiger partial charge in [0.05, 0.1) is 23.5 Å². The Hall–Kier alpha value is -3.04. The number of nitrogens with zero attached hydrogens (tertiary/aromatic N) is 2. The Morgan fingerprint density at radius 1 is 1.29 bits per heavy atom. The van der Waals surface area contributed by atoms with E-state index in [4.69, 9.17) is 16.3 Å². The van der Waals surface area contributed by atoms with E-state index < -0.39 is 27.5 Å². The molecule has 0 saturated carbocycles. The number of methoxy groups -OCH3 is 1. The Morgan fingerprint density at radius 3 is 2.64 bits per heavy atom. The highest BCUT2D eigenvalue weighted by Crippen LogP contribution is 2.38. The smallest absolute Gasteiger partial charge is 0.293 e. The Morgan fingerprint density at radius 2 is 2.00 bits per heavy atom. The quantitative estimate of drug-likeness (QED) is 0.413. The zero-order chi connectivity index (χ0) is 20.4. The van der Waals surface area contributed by atoms with Crippen molar-refractivity contribution in [1.82, 2.24) is 4.90 Å². The van der Waals surface area contributed by atoms with E-state index in [1.54, 1.807) is 24.3 Å². The van der Waals surface area contributed by atoms with Gasteiger partial charge in [-0.05, 0) is 41.1 Å². The molecule has 0 aliphatic carbocycles. The van der Waals surface area contributed by atoms with Crippen LogP contribution in [0.25, 0.3) is 6.08 Å². The number of nitro benzene ring substituents is 1. The molecular weight excluding hydrogens is 408 g/mol. The van der Waals surface area contributed by atoms with Gasteiger partial charge in [0.15, 0.2) is 0 Å². The van der Waals surface area contributed by atoms with Crippen molar-refractivity contribution >= 4 is 46.3 Å². The molecular formula is C18H12ClN2O6S-. The molecule has 0 bridgehead atoms. The van der Waals surface area contributed by atoms with Gasteiger partial charge in [0, 0.05) is 16.8 Å². The molecule has 2 aromatic rings. The van der Waals surface area contributed by atoms with Gasteiger partial charge in [0.1, 0.15) is 5.75 Å². The van der Waals surface area contributed by atoms with E-state index in [1.165, 1.54) is 19.3 Å². The number of benzene rings is 2. The van der Waals surface area contributed by atoms with Crippen LogP contribution < -0.4 is 9.84 Å². The van der Waals surface area contributed by atoms with Gasteiger partial charge in [0.2, 0.25) is 0 Å². The topological polar surface area (TPSA) is 113 Å². The Balaban J connectivity index is 1.93. The summed E-state index contributed by atoms with van der Waals surface area (Å²) in [7, 11) is 1.21. The van der Waals surface area contributed by atoms with Gasteiger partial charge in [-0.15, -0.1) is 0 Å². The van der Waals surface area contributed by atoms with Crippen molar-refractivity contribution in [2.75, 3.05) is 7.11 Å². The minimum atomic E-state index is -0.864. The third-order valence-corrected chi connectivity index (χ3v) is 5.21. The molecule has 2 aromatic carbocycles. The van der Waals surface area contributed by atoms with Crippen molar-refractivity contribution in [3.8, 4) is 11.5 Å². The van der Waals surface area contributed by atoms with Crippen LogP contribution in [0, 0.1) is 10.1 Å². The molecule has 0 atom stereocenters. The summed E-state index contributed by atoms with van der Waals surface area (Å²) in [5.74, 6) is -1.64. The summed E-state index contributed by atoms with van der Waals surface area (Å²) in [6, 6.07) is 9.15. The van der Waals surface area contributed by atoms with E-state index >= 15 is 0 Å². The van der Waals surface area contributed by atoms with Gasteiger partial charge in [-0.2, -0.15) is 0 Å². The number of thioether (sulfide) groups is 1. The lowest BCUT2D eigenvalue weighted by molar-refractivity contribution is -0.398. The average Bonchev–Trinajstić information content (AvgIpc) is 2.91. The lowest BCUT2D eigenvalue weighted by Crippen LogP contribution is -2.27. The monoisotopic (exact) mass is 419 g/mol. The van der Waals surface area contributed by atoms with Crippen LogP contribution in [0.15, 0.2) is 41.3 Å². The van der Waals surface area contributed by atoms with Gasteiger partial charge in [-0.1, -0.05) is 29.8 Å². The maximum absolute atomic E-state index is 12.6.